The van der Waals surface area contributed by atoms with Crippen LogP contribution in [0.4, 0.5) is 8.78 Å². The molecule has 128 valence electrons. The first-order chi connectivity index (χ1) is 11.2. The summed E-state index contributed by atoms with van der Waals surface area (Å²) in [5.41, 5.74) is 0.112. The van der Waals surface area contributed by atoms with Crippen LogP contribution in [0.15, 0.2) is 24.3 Å². The first-order valence-corrected chi connectivity index (χ1v) is 8.10. The van der Waals surface area contributed by atoms with Gasteiger partial charge in [0.2, 0.25) is 0 Å². The lowest BCUT2D eigenvalue weighted by molar-refractivity contribution is -0.0501. The Hall–Kier alpha value is -1.69. The van der Waals surface area contributed by atoms with E-state index < -0.39 is 12.5 Å². The van der Waals surface area contributed by atoms with E-state index in [1.165, 1.54) is 31.4 Å². The van der Waals surface area contributed by atoms with Crippen molar-refractivity contribution in [3.8, 4) is 5.75 Å². The van der Waals surface area contributed by atoms with Gasteiger partial charge in [0.25, 0.3) is 5.91 Å². The van der Waals surface area contributed by atoms with E-state index in [4.69, 9.17) is 4.74 Å². The van der Waals surface area contributed by atoms with E-state index >= 15 is 0 Å². The Labute approximate surface area is 135 Å². The molecule has 1 fully saturated rings. The summed E-state index contributed by atoms with van der Waals surface area (Å²) < 4.78 is 34.8. The zero-order valence-corrected chi connectivity index (χ0v) is 13.1. The molecule has 1 aliphatic rings. The minimum Gasteiger partial charge on any atom is -0.434 e. The summed E-state index contributed by atoms with van der Waals surface area (Å²) in [6.07, 6.45) is 7.01. The number of amides is 1. The Morgan fingerprint density at radius 3 is 2.70 bits per heavy atom. The number of nitrogens with one attached hydrogen (secondary N) is 1. The molecular weight excluding hydrogens is 304 g/mol. The molecule has 1 amide bonds. The molecule has 0 radical (unpaired) electrons. The van der Waals surface area contributed by atoms with E-state index in [0.717, 1.165) is 12.8 Å². The molecule has 0 saturated heterocycles. The van der Waals surface area contributed by atoms with Gasteiger partial charge in [-0.2, -0.15) is 8.78 Å². The van der Waals surface area contributed by atoms with Crippen LogP contribution in [-0.4, -0.2) is 31.8 Å². The summed E-state index contributed by atoms with van der Waals surface area (Å²) >= 11 is 0. The van der Waals surface area contributed by atoms with Crippen LogP contribution in [0.3, 0.4) is 0 Å². The standard InChI is InChI=1S/C17H23F2NO3/c18-17(19)23-15-10-5-4-9-14(15)16(21)20-11-6-12-22-13-7-2-1-3-8-13/h4-5,9-10,13,17H,1-3,6-8,11-12H2,(H,20,21). The highest BCUT2D eigenvalue weighted by atomic mass is 19.3. The molecule has 1 aromatic rings. The normalized spacial score (nSPS) is 15.6. The third kappa shape index (κ3) is 6.14. The number of benzene rings is 1. The molecule has 0 heterocycles. The third-order valence-corrected chi connectivity index (χ3v) is 3.86. The second-order valence-corrected chi connectivity index (χ2v) is 5.61. The summed E-state index contributed by atoms with van der Waals surface area (Å²) in [6, 6.07) is 5.98. The number of alkyl halides is 2. The Kier molecular flexibility index (Phi) is 7.26. The zero-order chi connectivity index (χ0) is 16.5. The van der Waals surface area contributed by atoms with Crippen molar-refractivity contribution in [2.75, 3.05) is 13.2 Å². The SMILES string of the molecule is O=C(NCCCOC1CCCCC1)c1ccccc1OC(F)F. The van der Waals surface area contributed by atoms with Crippen LogP contribution in [-0.2, 0) is 4.74 Å². The third-order valence-electron chi connectivity index (χ3n) is 3.86. The molecule has 0 unspecified atom stereocenters. The Bertz CT molecular complexity index is 490. The fourth-order valence-corrected chi connectivity index (χ4v) is 2.70. The van der Waals surface area contributed by atoms with Gasteiger partial charge < -0.3 is 14.8 Å². The lowest BCUT2D eigenvalue weighted by Crippen LogP contribution is -2.27. The average molecular weight is 327 g/mol. The number of rotatable bonds is 8. The fraction of sp³-hybridized carbons (Fsp3) is 0.588. The monoisotopic (exact) mass is 327 g/mol. The fourth-order valence-electron chi connectivity index (χ4n) is 2.70. The molecule has 1 aliphatic carbocycles. The van der Waals surface area contributed by atoms with Crippen LogP contribution in [0.25, 0.3) is 0 Å². The average Bonchev–Trinajstić information content (AvgIpc) is 2.55. The molecule has 0 bridgehead atoms. The van der Waals surface area contributed by atoms with E-state index in [1.54, 1.807) is 12.1 Å². The smallest absolute Gasteiger partial charge is 0.387 e. The van der Waals surface area contributed by atoms with Gasteiger partial charge in [-0.1, -0.05) is 31.4 Å². The van der Waals surface area contributed by atoms with Crippen LogP contribution in [0.2, 0.25) is 0 Å². The lowest BCUT2D eigenvalue weighted by Gasteiger charge is -2.21. The van der Waals surface area contributed by atoms with E-state index in [-0.39, 0.29) is 11.3 Å². The van der Waals surface area contributed by atoms with E-state index in [9.17, 15) is 13.6 Å². The predicted molar refractivity (Wildman–Crippen MR) is 82.8 cm³/mol. The van der Waals surface area contributed by atoms with Crippen molar-refractivity contribution < 1.29 is 23.0 Å². The summed E-state index contributed by atoms with van der Waals surface area (Å²) in [5.74, 6) is -0.530. The Morgan fingerprint density at radius 2 is 1.96 bits per heavy atom. The Balaban J connectivity index is 1.70. The van der Waals surface area contributed by atoms with Crippen molar-refractivity contribution in [3.63, 3.8) is 0 Å². The molecule has 23 heavy (non-hydrogen) atoms. The first-order valence-electron chi connectivity index (χ1n) is 8.10. The first kappa shape index (κ1) is 17.7. The zero-order valence-electron chi connectivity index (χ0n) is 13.1. The van der Waals surface area contributed by atoms with Crippen LogP contribution in [0.5, 0.6) is 5.75 Å². The van der Waals surface area contributed by atoms with Gasteiger partial charge in [0.05, 0.1) is 11.7 Å². The highest BCUT2D eigenvalue weighted by Crippen LogP contribution is 2.21. The van der Waals surface area contributed by atoms with Crippen molar-refractivity contribution in [1.29, 1.82) is 0 Å². The number of carbonyl (C=O) groups is 1. The molecular formula is C17H23F2NO3. The number of hydrogen-bond acceptors (Lipinski definition) is 3. The van der Waals surface area contributed by atoms with Crippen molar-refractivity contribution in [2.45, 2.75) is 51.2 Å². The van der Waals surface area contributed by atoms with Crippen molar-refractivity contribution in [2.24, 2.45) is 0 Å². The number of carbonyl (C=O) groups excluding carboxylic acids is 1. The van der Waals surface area contributed by atoms with Gasteiger partial charge in [0, 0.05) is 13.2 Å². The molecule has 2 rings (SSSR count). The maximum absolute atomic E-state index is 12.3. The van der Waals surface area contributed by atoms with Crippen LogP contribution >= 0.6 is 0 Å². The second kappa shape index (κ2) is 9.45. The molecule has 0 spiro atoms. The number of ether oxygens (including phenoxy) is 2. The molecule has 0 aliphatic heterocycles. The molecule has 0 aromatic heterocycles. The Morgan fingerprint density at radius 1 is 1.22 bits per heavy atom. The van der Waals surface area contributed by atoms with Gasteiger partial charge in [-0.15, -0.1) is 0 Å². The van der Waals surface area contributed by atoms with Crippen molar-refractivity contribution in [1.82, 2.24) is 5.32 Å². The lowest BCUT2D eigenvalue weighted by atomic mass is 9.98. The molecule has 1 saturated carbocycles. The molecule has 1 N–H and O–H groups in total. The van der Waals surface area contributed by atoms with E-state index in [2.05, 4.69) is 10.1 Å². The van der Waals surface area contributed by atoms with Gasteiger partial charge in [-0.3, -0.25) is 4.79 Å². The summed E-state index contributed by atoms with van der Waals surface area (Å²) in [4.78, 5) is 12.0. The van der Waals surface area contributed by atoms with Gasteiger partial charge in [0.1, 0.15) is 5.75 Å². The van der Waals surface area contributed by atoms with Crippen LogP contribution in [0, 0.1) is 0 Å². The second-order valence-electron chi connectivity index (χ2n) is 5.61. The minimum absolute atomic E-state index is 0.112. The van der Waals surface area contributed by atoms with E-state index in [1.807, 2.05) is 0 Å². The maximum Gasteiger partial charge on any atom is 0.387 e. The molecule has 1 aromatic carbocycles. The molecule has 4 nitrogen and oxygen atoms in total. The van der Waals surface area contributed by atoms with Crippen LogP contribution < -0.4 is 10.1 Å². The predicted octanol–water partition coefficient (Wildman–Crippen LogP) is 3.76. The number of hydrogen-bond donors (Lipinski definition) is 1. The highest BCUT2D eigenvalue weighted by Gasteiger charge is 2.15. The largest absolute Gasteiger partial charge is 0.434 e. The number of para-hydroxylation sites is 1. The van der Waals surface area contributed by atoms with Gasteiger partial charge in [-0.05, 0) is 31.4 Å². The topological polar surface area (TPSA) is 47.6 Å². The molecule has 0 atom stereocenters. The highest BCUT2D eigenvalue weighted by molar-refractivity contribution is 5.96. The van der Waals surface area contributed by atoms with Crippen LogP contribution in [0.1, 0.15) is 48.9 Å². The van der Waals surface area contributed by atoms with Crippen molar-refractivity contribution in [3.05, 3.63) is 29.8 Å². The summed E-state index contributed by atoms with van der Waals surface area (Å²) in [6.45, 7) is -1.91. The quantitative estimate of drug-likeness (QED) is 0.740. The summed E-state index contributed by atoms with van der Waals surface area (Å²) in [7, 11) is 0. The minimum atomic E-state index is -2.95. The van der Waals surface area contributed by atoms with Gasteiger partial charge in [-0.25, -0.2) is 0 Å². The molecule has 6 heteroatoms. The van der Waals surface area contributed by atoms with Crippen molar-refractivity contribution >= 4 is 5.91 Å². The van der Waals surface area contributed by atoms with E-state index in [0.29, 0.717) is 25.7 Å². The van der Waals surface area contributed by atoms with Gasteiger partial charge in [0.15, 0.2) is 0 Å². The van der Waals surface area contributed by atoms with Gasteiger partial charge >= 0.3 is 6.61 Å². The maximum atomic E-state index is 12.3. The number of halogens is 2. The summed E-state index contributed by atoms with van der Waals surface area (Å²) in [5, 5.41) is 2.71.